The quantitative estimate of drug-likeness (QED) is 0.0541. The van der Waals surface area contributed by atoms with Crippen LogP contribution in [0, 0.1) is 5.92 Å². The smallest absolute Gasteiger partial charge is 0.326 e. The number of nitrogens with zero attached hydrogens (tertiary/aromatic N) is 1. The van der Waals surface area contributed by atoms with Gasteiger partial charge >= 0.3 is 5.97 Å². The number of nitrogens with two attached hydrogens (primary N) is 3. The van der Waals surface area contributed by atoms with Crippen LogP contribution in [0.15, 0.2) is 29.3 Å². The number of carbonyl (C=O) groups excluding carboxylic acids is 3. The second-order valence-electron chi connectivity index (χ2n) is 8.80. The molecule has 0 aliphatic rings. The lowest BCUT2D eigenvalue weighted by atomic mass is 10.0. The molecule has 0 aromatic heterocycles. The van der Waals surface area contributed by atoms with E-state index in [0.717, 1.165) is 0 Å². The fraction of sp³-hybridized carbons (Fsp3) is 0.522. The first kappa shape index (κ1) is 31.5. The molecule has 13 nitrogen and oxygen atoms in total. The fourth-order valence-corrected chi connectivity index (χ4v) is 3.42. The molecule has 1 aromatic rings. The fourth-order valence-electron chi connectivity index (χ4n) is 3.25. The summed E-state index contributed by atoms with van der Waals surface area (Å²) < 4.78 is 0. The topological polar surface area (TPSA) is 235 Å². The van der Waals surface area contributed by atoms with Crippen LogP contribution in [0.4, 0.5) is 0 Å². The number of hydrogen-bond donors (Lipinski definition) is 9. The van der Waals surface area contributed by atoms with Crippen LogP contribution in [0.5, 0.6) is 5.75 Å². The molecule has 1 rings (SSSR count). The zero-order chi connectivity index (χ0) is 28.1. The Hall–Kier alpha value is -3.52. The number of phenols is 1. The molecule has 37 heavy (non-hydrogen) atoms. The SMILES string of the molecule is CC(C)C(NC(=O)C(Cc1ccc(O)cc1)NC(=O)C(CCCN=C(N)N)NC(=O)C(N)CS)C(=O)O. The summed E-state index contributed by atoms with van der Waals surface area (Å²) in [5.74, 6) is -3.71. The maximum absolute atomic E-state index is 13.2. The molecule has 0 saturated carbocycles. The van der Waals surface area contributed by atoms with E-state index in [4.69, 9.17) is 17.2 Å². The van der Waals surface area contributed by atoms with Crippen LogP contribution < -0.4 is 33.2 Å². The zero-order valence-corrected chi connectivity index (χ0v) is 21.8. The van der Waals surface area contributed by atoms with Crippen LogP contribution in [0.2, 0.25) is 0 Å². The molecule has 206 valence electrons. The number of aromatic hydroxyl groups is 1. The van der Waals surface area contributed by atoms with Crippen LogP contribution >= 0.6 is 12.6 Å². The van der Waals surface area contributed by atoms with E-state index < -0.39 is 53.8 Å². The summed E-state index contributed by atoms with van der Waals surface area (Å²) >= 11 is 4.00. The molecule has 0 radical (unpaired) electrons. The van der Waals surface area contributed by atoms with Crippen molar-refractivity contribution in [1.29, 1.82) is 0 Å². The van der Waals surface area contributed by atoms with Crippen LogP contribution in [0.3, 0.4) is 0 Å². The zero-order valence-electron chi connectivity index (χ0n) is 20.9. The van der Waals surface area contributed by atoms with Crippen LogP contribution in [-0.2, 0) is 25.6 Å². The first-order valence-corrected chi connectivity index (χ1v) is 12.3. The normalized spacial score (nSPS) is 14.1. The van der Waals surface area contributed by atoms with E-state index in [-0.39, 0.29) is 36.8 Å². The Balaban J connectivity index is 3.16. The molecule has 3 amide bonds. The van der Waals surface area contributed by atoms with Crippen molar-refractivity contribution >= 4 is 42.3 Å². The monoisotopic (exact) mass is 539 g/mol. The molecule has 0 spiro atoms. The van der Waals surface area contributed by atoms with Crippen LogP contribution in [0.1, 0.15) is 32.3 Å². The molecular weight excluding hydrogens is 502 g/mol. The van der Waals surface area contributed by atoms with Crippen molar-refractivity contribution in [1.82, 2.24) is 16.0 Å². The Bertz CT molecular complexity index is 953. The summed E-state index contributed by atoms with van der Waals surface area (Å²) in [5, 5.41) is 26.6. The maximum atomic E-state index is 13.2. The third kappa shape index (κ3) is 11.4. The summed E-state index contributed by atoms with van der Waals surface area (Å²) in [6.07, 6.45) is 0.452. The number of guanidine groups is 1. The first-order valence-electron chi connectivity index (χ1n) is 11.7. The number of nitrogens with one attached hydrogen (secondary N) is 3. The number of phenolic OH excluding ortho intramolecular Hbond substituents is 1. The van der Waals surface area contributed by atoms with Gasteiger partial charge in [0.1, 0.15) is 23.9 Å². The van der Waals surface area contributed by atoms with E-state index >= 15 is 0 Å². The number of benzene rings is 1. The summed E-state index contributed by atoms with van der Waals surface area (Å²) in [7, 11) is 0. The van der Waals surface area contributed by atoms with Gasteiger partial charge in [-0.15, -0.1) is 0 Å². The van der Waals surface area contributed by atoms with E-state index in [2.05, 4.69) is 33.6 Å². The van der Waals surface area contributed by atoms with Crippen molar-refractivity contribution in [2.75, 3.05) is 12.3 Å². The largest absolute Gasteiger partial charge is 0.508 e. The Kier molecular flexibility index (Phi) is 13.3. The second-order valence-corrected chi connectivity index (χ2v) is 9.16. The lowest BCUT2D eigenvalue weighted by molar-refractivity contribution is -0.143. The van der Waals surface area contributed by atoms with E-state index in [1.54, 1.807) is 26.0 Å². The standard InChI is InChI=1S/C23H37N7O6S/c1-12(2)18(22(35)36)30-21(34)17(10-13-5-7-14(31)8-6-13)29-20(33)16(4-3-9-27-23(25)26)28-19(32)15(24)11-37/h5-8,12,15-18,31,37H,3-4,9-11,24H2,1-2H3,(H,28,32)(H,29,33)(H,30,34)(H,35,36)(H4,25,26,27). The highest BCUT2D eigenvalue weighted by atomic mass is 32.1. The molecule has 0 aliphatic carbocycles. The Morgan fingerprint density at radius 1 is 0.973 bits per heavy atom. The minimum absolute atomic E-state index is 0.00684. The van der Waals surface area contributed by atoms with Gasteiger partial charge in [-0.25, -0.2) is 4.79 Å². The molecule has 0 aliphatic heterocycles. The number of rotatable bonds is 15. The number of carboxylic acids is 1. The molecule has 0 bridgehead atoms. The minimum Gasteiger partial charge on any atom is -0.508 e. The average molecular weight is 540 g/mol. The number of hydrogen-bond acceptors (Lipinski definition) is 8. The predicted octanol–water partition coefficient (Wildman–Crippen LogP) is -1.56. The second kappa shape index (κ2) is 15.6. The molecule has 0 saturated heterocycles. The third-order valence-corrected chi connectivity index (χ3v) is 5.74. The van der Waals surface area contributed by atoms with Gasteiger partial charge in [0.05, 0.1) is 6.04 Å². The maximum Gasteiger partial charge on any atom is 0.326 e. The predicted molar refractivity (Wildman–Crippen MR) is 142 cm³/mol. The van der Waals surface area contributed by atoms with Gasteiger partial charge in [0.25, 0.3) is 0 Å². The molecule has 1 aromatic carbocycles. The number of thiol groups is 1. The summed E-state index contributed by atoms with van der Waals surface area (Å²) in [4.78, 5) is 54.2. The van der Waals surface area contributed by atoms with Crippen molar-refractivity contribution in [3.8, 4) is 5.75 Å². The molecule has 4 atom stereocenters. The lowest BCUT2D eigenvalue weighted by Gasteiger charge is -2.26. The van der Waals surface area contributed by atoms with Gasteiger partial charge in [-0.05, 0) is 36.5 Å². The van der Waals surface area contributed by atoms with Crippen LogP contribution in [0.25, 0.3) is 0 Å². The molecule has 11 N–H and O–H groups in total. The number of aliphatic carboxylic acids is 1. The van der Waals surface area contributed by atoms with E-state index in [1.807, 2.05) is 0 Å². The highest BCUT2D eigenvalue weighted by Gasteiger charge is 2.31. The van der Waals surface area contributed by atoms with Crippen molar-refractivity contribution in [2.24, 2.45) is 28.1 Å². The van der Waals surface area contributed by atoms with E-state index in [0.29, 0.717) is 12.0 Å². The van der Waals surface area contributed by atoms with Crippen molar-refractivity contribution in [3.05, 3.63) is 29.8 Å². The minimum atomic E-state index is -1.22. The van der Waals surface area contributed by atoms with Gasteiger partial charge in [-0.3, -0.25) is 19.4 Å². The Morgan fingerprint density at radius 2 is 1.54 bits per heavy atom. The molecule has 4 unspecified atom stereocenters. The highest BCUT2D eigenvalue weighted by molar-refractivity contribution is 7.80. The Morgan fingerprint density at radius 3 is 2.05 bits per heavy atom. The first-order chi connectivity index (χ1) is 17.3. The number of carboxylic acid groups (broad SMARTS) is 1. The molecule has 0 fully saturated rings. The lowest BCUT2D eigenvalue weighted by Crippen LogP contribution is -2.58. The van der Waals surface area contributed by atoms with Gasteiger partial charge in [0.15, 0.2) is 5.96 Å². The van der Waals surface area contributed by atoms with Crippen molar-refractivity contribution in [2.45, 2.75) is 57.3 Å². The van der Waals surface area contributed by atoms with Gasteiger partial charge < -0.3 is 43.4 Å². The van der Waals surface area contributed by atoms with E-state index in [1.165, 1.54) is 12.1 Å². The number of aliphatic imine (C=N–C) groups is 1. The summed E-state index contributed by atoms with van der Waals surface area (Å²) in [6, 6.07) is 1.57. The van der Waals surface area contributed by atoms with Gasteiger partial charge in [0.2, 0.25) is 17.7 Å². The third-order valence-electron chi connectivity index (χ3n) is 5.35. The van der Waals surface area contributed by atoms with Crippen LogP contribution in [-0.4, -0.2) is 76.3 Å². The van der Waals surface area contributed by atoms with Gasteiger partial charge in [-0.1, -0.05) is 26.0 Å². The van der Waals surface area contributed by atoms with Crippen molar-refractivity contribution < 1.29 is 29.4 Å². The van der Waals surface area contributed by atoms with Crippen molar-refractivity contribution in [3.63, 3.8) is 0 Å². The Labute approximate surface area is 221 Å². The number of amides is 3. The molecule has 0 heterocycles. The van der Waals surface area contributed by atoms with Gasteiger partial charge in [0, 0.05) is 18.7 Å². The summed E-state index contributed by atoms with van der Waals surface area (Å²) in [5.41, 5.74) is 17.0. The summed E-state index contributed by atoms with van der Waals surface area (Å²) in [6.45, 7) is 3.48. The van der Waals surface area contributed by atoms with E-state index in [9.17, 15) is 29.4 Å². The molecule has 14 heteroatoms. The number of carbonyl (C=O) groups is 4. The highest BCUT2D eigenvalue weighted by Crippen LogP contribution is 2.13. The average Bonchev–Trinajstić information content (AvgIpc) is 2.83. The van der Waals surface area contributed by atoms with Gasteiger partial charge in [-0.2, -0.15) is 12.6 Å². The molecular formula is C23H37N7O6S.